The van der Waals surface area contributed by atoms with E-state index in [1.54, 1.807) is 36.8 Å². The molecule has 0 N–H and O–H groups in total. The SMILES string of the molecule is CCOC(=O)C1=C(c2ccccc2)N=c2s/c(=C\c3cc(Br)c(OCc4ccccc4)c(OC)c3)c(=O)n2[C@@H]1c1ccc(Cl)cc1. The van der Waals surface area contributed by atoms with Crippen molar-refractivity contribution in [2.75, 3.05) is 13.7 Å². The summed E-state index contributed by atoms with van der Waals surface area (Å²) in [5.74, 6) is 0.526. The molecule has 4 aromatic carbocycles. The van der Waals surface area contributed by atoms with Gasteiger partial charge in [0.25, 0.3) is 5.56 Å². The fourth-order valence-corrected chi connectivity index (χ4v) is 6.95. The van der Waals surface area contributed by atoms with E-state index in [4.69, 9.17) is 30.8 Å². The minimum atomic E-state index is -0.792. The first-order chi connectivity index (χ1) is 22.4. The Kier molecular flexibility index (Phi) is 9.53. The Morgan fingerprint density at radius 2 is 1.72 bits per heavy atom. The highest BCUT2D eigenvalue weighted by molar-refractivity contribution is 9.10. The molecule has 0 saturated carbocycles. The monoisotopic (exact) mass is 714 g/mol. The van der Waals surface area contributed by atoms with E-state index >= 15 is 0 Å². The van der Waals surface area contributed by atoms with E-state index in [9.17, 15) is 9.59 Å². The molecule has 7 nitrogen and oxygen atoms in total. The van der Waals surface area contributed by atoms with Gasteiger partial charge in [0.15, 0.2) is 16.3 Å². The van der Waals surface area contributed by atoms with Crippen LogP contribution in [0.1, 0.15) is 35.2 Å². The van der Waals surface area contributed by atoms with Crippen molar-refractivity contribution in [3.05, 3.63) is 154 Å². The summed E-state index contributed by atoms with van der Waals surface area (Å²) in [5, 5.41) is 0.539. The summed E-state index contributed by atoms with van der Waals surface area (Å²) in [5.41, 5.74) is 3.62. The molecule has 1 aliphatic rings. The summed E-state index contributed by atoms with van der Waals surface area (Å²) in [7, 11) is 1.57. The van der Waals surface area contributed by atoms with Crippen LogP contribution in [0, 0.1) is 0 Å². The van der Waals surface area contributed by atoms with Gasteiger partial charge >= 0.3 is 5.97 Å². The van der Waals surface area contributed by atoms with Gasteiger partial charge in [-0.05, 0) is 69.9 Å². The van der Waals surface area contributed by atoms with E-state index in [1.165, 1.54) is 11.3 Å². The summed E-state index contributed by atoms with van der Waals surface area (Å²) in [6, 6.07) is 29.3. The molecule has 1 aromatic heterocycles. The second-order valence-corrected chi connectivity index (χ2v) is 12.6. The van der Waals surface area contributed by atoms with Gasteiger partial charge in [0, 0.05) is 10.6 Å². The van der Waals surface area contributed by atoms with E-state index in [0.29, 0.717) is 48.2 Å². The molecule has 0 radical (unpaired) electrons. The molecule has 10 heteroatoms. The van der Waals surface area contributed by atoms with Crippen LogP contribution in [-0.2, 0) is 16.1 Å². The molecule has 0 bridgehead atoms. The van der Waals surface area contributed by atoms with Gasteiger partial charge in [-0.3, -0.25) is 9.36 Å². The van der Waals surface area contributed by atoms with Crippen molar-refractivity contribution in [3.63, 3.8) is 0 Å². The number of hydrogen-bond donors (Lipinski definition) is 0. The first kappa shape index (κ1) is 31.5. The van der Waals surface area contributed by atoms with Gasteiger partial charge in [0.2, 0.25) is 0 Å². The average molecular weight is 716 g/mol. The highest BCUT2D eigenvalue weighted by Gasteiger charge is 2.35. The van der Waals surface area contributed by atoms with Crippen LogP contribution in [0.3, 0.4) is 0 Å². The molecular formula is C36H28BrClN2O5S. The van der Waals surface area contributed by atoms with Crippen molar-refractivity contribution in [2.24, 2.45) is 4.99 Å². The maximum atomic E-state index is 14.2. The number of aromatic nitrogens is 1. The van der Waals surface area contributed by atoms with Crippen LogP contribution in [0.5, 0.6) is 11.5 Å². The number of ether oxygens (including phenoxy) is 3. The van der Waals surface area contributed by atoms with Crippen molar-refractivity contribution in [1.82, 2.24) is 4.57 Å². The van der Waals surface area contributed by atoms with Crippen molar-refractivity contribution in [1.29, 1.82) is 0 Å². The number of nitrogens with zero attached hydrogens (tertiary/aromatic N) is 2. The van der Waals surface area contributed by atoms with Crippen LogP contribution < -0.4 is 24.4 Å². The lowest BCUT2D eigenvalue weighted by Gasteiger charge is -2.25. The van der Waals surface area contributed by atoms with Crippen LogP contribution in [0.25, 0.3) is 11.8 Å². The molecule has 0 fully saturated rings. The van der Waals surface area contributed by atoms with Gasteiger partial charge in [-0.25, -0.2) is 9.79 Å². The zero-order valence-electron chi connectivity index (χ0n) is 24.9. The predicted octanol–water partition coefficient (Wildman–Crippen LogP) is 6.94. The van der Waals surface area contributed by atoms with Gasteiger partial charge < -0.3 is 14.2 Å². The summed E-state index contributed by atoms with van der Waals surface area (Å²) in [6.45, 7) is 2.28. The number of carbonyl (C=O) groups is 1. The van der Waals surface area contributed by atoms with Crippen molar-refractivity contribution < 1.29 is 19.0 Å². The summed E-state index contributed by atoms with van der Waals surface area (Å²) >= 11 is 11.1. The molecule has 1 atom stereocenters. The third-order valence-electron chi connectivity index (χ3n) is 7.33. The van der Waals surface area contributed by atoms with Gasteiger partial charge in [0.1, 0.15) is 6.61 Å². The third kappa shape index (κ3) is 6.44. The van der Waals surface area contributed by atoms with Gasteiger partial charge in [-0.15, -0.1) is 0 Å². The van der Waals surface area contributed by atoms with Gasteiger partial charge in [-0.2, -0.15) is 0 Å². The molecule has 0 unspecified atom stereocenters. The lowest BCUT2D eigenvalue weighted by Crippen LogP contribution is -2.40. The lowest BCUT2D eigenvalue weighted by molar-refractivity contribution is -0.138. The summed E-state index contributed by atoms with van der Waals surface area (Å²) in [4.78, 5) is 33.2. The minimum Gasteiger partial charge on any atom is -0.493 e. The first-order valence-electron chi connectivity index (χ1n) is 14.5. The second-order valence-electron chi connectivity index (χ2n) is 10.3. The minimum absolute atomic E-state index is 0.171. The quantitative estimate of drug-likeness (QED) is 0.155. The molecule has 0 spiro atoms. The predicted molar refractivity (Wildman–Crippen MR) is 184 cm³/mol. The Bertz CT molecular complexity index is 2110. The highest BCUT2D eigenvalue weighted by atomic mass is 79.9. The van der Waals surface area contributed by atoms with Crippen molar-refractivity contribution in [2.45, 2.75) is 19.6 Å². The molecule has 0 saturated heterocycles. The smallest absolute Gasteiger partial charge is 0.338 e. The van der Waals surface area contributed by atoms with E-state index in [-0.39, 0.29) is 17.7 Å². The number of hydrogen-bond acceptors (Lipinski definition) is 7. The number of halogens is 2. The van der Waals surface area contributed by atoms with Crippen LogP contribution in [-0.4, -0.2) is 24.3 Å². The van der Waals surface area contributed by atoms with Crippen molar-refractivity contribution in [3.8, 4) is 11.5 Å². The third-order valence-corrected chi connectivity index (χ3v) is 9.16. The normalized spacial score (nSPS) is 14.4. The number of esters is 1. The Balaban J connectivity index is 1.50. The van der Waals surface area contributed by atoms with Gasteiger partial charge in [0.05, 0.1) is 40.0 Å². The molecule has 0 aliphatic carbocycles. The van der Waals surface area contributed by atoms with Crippen molar-refractivity contribution >= 4 is 56.6 Å². The molecule has 2 heterocycles. The van der Waals surface area contributed by atoms with E-state index in [0.717, 1.165) is 16.7 Å². The number of rotatable bonds is 9. The maximum absolute atomic E-state index is 14.2. The van der Waals surface area contributed by atoms with E-state index < -0.39 is 12.0 Å². The van der Waals surface area contributed by atoms with Gasteiger partial charge in [-0.1, -0.05) is 95.7 Å². The molecule has 1 aliphatic heterocycles. The van der Waals surface area contributed by atoms with E-state index in [2.05, 4.69) is 15.9 Å². The zero-order valence-corrected chi connectivity index (χ0v) is 28.1. The van der Waals surface area contributed by atoms with Crippen LogP contribution >= 0.6 is 38.9 Å². The Morgan fingerprint density at radius 1 is 1.02 bits per heavy atom. The highest BCUT2D eigenvalue weighted by Crippen LogP contribution is 2.38. The molecular weight excluding hydrogens is 688 g/mol. The fourth-order valence-electron chi connectivity index (χ4n) is 5.25. The Morgan fingerprint density at radius 3 is 2.39 bits per heavy atom. The molecule has 46 heavy (non-hydrogen) atoms. The summed E-state index contributed by atoms with van der Waals surface area (Å²) < 4.78 is 20.0. The molecule has 6 rings (SSSR count). The average Bonchev–Trinajstić information content (AvgIpc) is 3.38. The zero-order chi connectivity index (χ0) is 32.2. The van der Waals surface area contributed by atoms with Crippen LogP contribution in [0.15, 0.2) is 117 Å². The number of benzene rings is 4. The molecule has 232 valence electrons. The number of thiazole rings is 1. The first-order valence-corrected chi connectivity index (χ1v) is 16.4. The summed E-state index contributed by atoms with van der Waals surface area (Å²) in [6.07, 6.45) is 1.78. The standard InChI is InChI=1S/C36H28BrClN2O5S/c1-3-44-35(42)30-31(24-12-8-5-9-13-24)39-36-40(32(30)25-14-16-26(38)17-15-25)34(41)29(46-36)20-23-18-27(37)33(28(19-23)43-2)45-21-22-10-6-4-7-11-22/h4-20,32H,3,21H2,1-2H3/b29-20-/t32-/m1/s1. The van der Waals surface area contributed by atoms with E-state index in [1.807, 2.05) is 84.9 Å². The maximum Gasteiger partial charge on any atom is 0.338 e. The Labute approximate surface area is 282 Å². The van der Waals surface area contributed by atoms with Crippen LogP contribution in [0.4, 0.5) is 0 Å². The fraction of sp³-hybridized carbons (Fsp3) is 0.139. The number of carbonyl (C=O) groups excluding carboxylic acids is 1. The number of fused-ring (bicyclic) bond motifs is 1. The molecule has 0 amide bonds. The number of methoxy groups -OCH3 is 1. The largest absolute Gasteiger partial charge is 0.493 e. The molecule has 5 aromatic rings. The second kappa shape index (κ2) is 13.9. The van der Waals surface area contributed by atoms with Crippen LogP contribution in [0.2, 0.25) is 5.02 Å². The Hall–Kier alpha value is -4.44. The topological polar surface area (TPSA) is 79.1 Å². The lowest BCUT2D eigenvalue weighted by atomic mass is 9.93.